The third-order valence-corrected chi connectivity index (χ3v) is 2.25. The first-order valence-electron chi connectivity index (χ1n) is 3.66. The standard InChI is InChI=1S/C7H12N2OS/c10-5-1-2-6-11-7-8-3-4-9-7/h3-4,10H,1-2,5-6H2,(H,8,9). The molecule has 0 unspecified atom stereocenters. The van der Waals surface area contributed by atoms with Gasteiger partial charge in [-0.2, -0.15) is 0 Å². The van der Waals surface area contributed by atoms with Gasteiger partial charge in [-0.25, -0.2) is 4.98 Å². The Kier molecular flexibility index (Phi) is 4.08. The molecule has 0 saturated heterocycles. The number of unbranched alkanes of at least 4 members (excludes halogenated alkanes) is 1. The van der Waals surface area contributed by atoms with E-state index in [1.807, 2.05) is 6.20 Å². The molecule has 1 aromatic rings. The minimum absolute atomic E-state index is 0.290. The Morgan fingerprint density at radius 2 is 2.45 bits per heavy atom. The monoisotopic (exact) mass is 172 g/mol. The molecule has 0 aromatic carbocycles. The van der Waals surface area contributed by atoms with Gasteiger partial charge in [-0.1, -0.05) is 11.8 Å². The number of nitrogens with zero attached hydrogens (tertiary/aromatic N) is 1. The summed E-state index contributed by atoms with van der Waals surface area (Å²) in [5, 5.41) is 9.45. The molecule has 11 heavy (non-hydrogen) atoms. The fourth-order valence-corrected chi connectivity index (χ4v) is 1.54. The quantitative estimate of drug-likeness (QED) is 0.519. The summed E-state index contributed by atoms with van der Waals surface area (Å²) >= 11 is 1.69. The maximum Gasteiger partial charge on any atom is 0.165 e. The van der Waals surface area contributed by atoms with Gasteiger partial charge in [0.15, 0.2) is 5.16 Å². The molecule has 0 amide bonds. The summed E-state index contributed by atoms with van der Waals surface area (Å²) in [7, 11) is 0. The van der Waals surface area contributed by atoms with Gasteiger partial charge in [0.25, 0.3) is 0 Å². The van der Waals surface area contributed by atoms with Gasteiger partial charge >= 0.3 is 0 Å². The Labute approximate surface area is 70.2 Å². The topological polar surface area (TPSA) is 48.9 Å². The fourth-order valence-electron chi connectivity index (χ4n) is 0.712. The first kappa shape index (κ1) is 8.62. The van der Waals surface area contributed by atoms with E-state index in [1.165, 1.54) is 0 Å². The summed E-state index contributed by atoms with van der Waals surface area (Å²) in [5.41, 5.74) is 0. The highest BCUT2D eigenvalue weighted by molar-refractivity contribution is 7.99. The SMILES string of the molecule is OCCCCSc1ncc[nH]1. The Hall–Kier alpha value is -0.480. The molecule has 1 aromatic heterocycles. The number of rotatable bonds is 5. The van der Waals surface area contributed by atoms with Crippen molar-refractivity contribution in [3.63, 3.8) is 0 Å². The van der Waals surface area contributed by atoms with E-state index in [2.05, 4.69) is 9.97 Å². The van der Waals surface area contributed by atoms with Crippen molar-refractivity contribution in [3.8, 4) is 0 Å². The maximum atomic E-state index is 8.49. The molecule has 0 aliphatic heterocycles. The lowest BCUT2D eigenvalue weighted by molar-refractivity contribution is 0.287. The van der Waals surface area contributed by atoms with Gasteiger partial charge in [0.1, 0.15) is 0 Å². The molecule has 0 aliphatic carbocycles. The zero-order chi connectivity index (χ0) is 7.94. The zero-order valence-electron chi connectivity index (χ0n) is 6.29. The summed E-state index contributed by atoms with van der Waals surface area (Å²) in [4.78, 5) is 7.06. The average Bonchev–Trinajstić information content (AvgIpc) is 2.50. The van der Waals surface area contributed by atoms with Crippen molar-refractivity contribution in [2.45, 2.75) is 18.0 Å². The van der Waals surface area contributed by atoms with Crippen LogP contribution in [0, 0.1) is 0 Å². The normalized spacial score (nSPS) is 10.3. The van der Waals surface area contributed by atoms with Crippen LogP contribution in [0.2, 0.25) is 0 Å². The lowest BCUT2D eigenvalue weighted by Gasteiger charge is -1.94. The van der Waals surface area contributed by atoms with Crippen LogP contribution in [0.4, 0.5) is 0 Å². The van der Waals surface area contributed by atoms with Crippen LogP contribution in [0.25, 0.3) is 0 Å². The van der Waals surface area contributed by atoms with Crippen LogP contribution in [-0.2, 0) is 0 Å². The number of aliphatic hydroxyl groups is 1. The smallest absolute Gasteiger partial charge is 0.165 e. The molecular formula is C7H12N2OS. The summed E-state index contributed by atoms with van der Waals surface area (Å²) in [6.45, 7) is 0.290. The molecule has 62 valence electrons. The van der Waals surface area contributed by atoms with Crippen molar-refractivity contribution < 1.29 is 5.11 Å². The zero-order valence-corrected chi connectivity index (χ0v) is 7.10. The van der Waals surface area contributed by atoms with Crippen LogP contribution < -0.4 is 0 Å². The highest BCUT2D eigenvalue weighted by atomic mass is 32.2. The molecule has 0 atom stereocenters. The Morgan fingerprint density at radius 3 is 3.09 bits per heavy atom. The van der Waals surface area contributed by atoms with Crippen LogP contribution in [0.3, 0.4) is 0 Å². The van der Waals surface area contributed by atoms with E-state index in [9.17, 15) is 0 Å². The number of aromatic nitrogens is 2. The van der Waals surface area contributed by atoms with Gasteiger partial charge in [0.05, 0.1) is 0 Å². The second-order valence-electron chi connectivity index (χ2n) is 2.17. The molecule has 0 bridgehead atoms. The molecule has 0 fully saturated rings. The van der Waals surface area contributed by atoms with Gasteiger partial charge in [0, 0.05) is 24.8 Å². The van der Waals surface area contributed by atoms with E-state index in [1.54, 1.807) is 18.0 Å². The lowest BCUT2D eigenvalue weighted by atomic mass is 10.4. The largest absolute Gasteiger partial charge is 0.396 e. The second-order valence-corrected chi connectivity index (χ2v) is 3.26. The van der Waals surface area contributed by atoms with Crippen molar-refractivity contribution in [3.05, 3.63) is 12.4 Å². The molecule has 0 saturated carbocycles. The number of aromatic amines is 1. The van der Waals surface area contributed by atoms with Crippen molar-refractivity contribution >= 4 is 11.8 Å². The predicted octanol–water partition coefficient (Wildman–Crippen LogP) is 1.27. The highest BCUT2D eigenvalue weighted by Crippen LogP contribution is 2.12. The number of hydrogen-bond donors (Lipinski definition) is 2. The van der Waals surface area contributed by atoms with Crippen molar-refractivity contribution in [1.82, 2.24) is 9.97 Å². The summed E-state index contributed by atoms with van der Waals surface area (Å²) < 4.78 is 0. The first-order valence-corrected chi connectivity index (χ1v) is 4.65. The molecule has 1 heterocycles. The molecule has 2 N–H and O–H groups in total. The highest BCUT2D eigenvalue weighted by Gasteiger charge is 1.93. The van der Waals surface area contributed by atoms with Gasteiger partial charge < -0.3 is 10.1 Å². The van der Waals surface area contributed by atoms with Crippen LogP contribution in [-0.4, -0.2) is 27.4 Å². The lowest BCUT2D eigenvalue weighted by Crippen LogP contribution is -1.85. The van der Waals surface area contributed by atoms with Gasteiger partial charge in [-0.05, 0) is 12.8 Å². The van der Waals surface area contributed by atoms with Crippen molar-refractivity contribution in [2.24, 2.45) is 0 Å². The van der Waals surface area contributed by atoms with Crippen molar-refractivity contribution in [1.29, 1.82) is 0 Å². The molecule has 4 heteroatoms. The minimum Gasteiger partial charge on any atom is -0.396 e. The van der Waals surface area contributed by atoms with Crippen LogP contribution in [0.1, 0.15) is 12.8 Å². The Balaban J connectivity index is 2.04. The van der Waals surface area contributed by atoms with Gasteiger partial charge in [-0.3, -0.25) is 0 Å². The summed E-state index contributed by atoms with van der Waals surface area (Å²) in [6, 6.07) is 0. The third kappa shape index (κ3) is 3.43. The second kappa shape index (κ2) is 5.21. The first-order chi connectivity index (χ1) is 5.43. The number of thioether (sulfide) groups is 1. The van der Waals surface area contributed by atoms with Crippen LogP contribution >= 0.6 is 11.8 Å². The maximum absolute atomic E-state index is 8.49. The van der Waals surface area contributed by atoms with Crippen LogP contribution in [0.15, 0.2) is 17.6 Å². The molecule has 0 aliphatic rings. The summed E-state index contributed by atoms with van der Waals surface area (Å²) in [6.07, 6.45) is 5.48. The number of imidazole rings is 1. The van der Waals surface area contributed by atoms with E-state index in [4.69, 9.17) is 5.11 Å². The minimum atomic E-state index is 0.290. The molecule has 1 rings (SSSR count). The van der Waals surface area contributed by atoms with Crippen molar-refractivity contribution in [2.75, 3.05) is 12.4 Å². The molecule has 3 nitrogen and oxygen atoms in total. The number of aliphatic hydroxyl groups excluding tert-OH is 1. The third-order valence-electron chi connectivity index (χ3n) is 1.26. The summed E-state index contributed by atoms with van der Waals surface area (Å²) in [5.74, 6) is 1.02. The average molecular weight is 172 g/mol. The predicted molar refractivity (Wildman–Crippen MR) is 45.6 cm³/mol. The van der Waals surface area contributed by atoms with E-state index in [0.717, 1.165) is 23.8 Å². The fraction of sp³-hybridized carbons (Fsp3) is 0.571. The molecule has 0 spiro atoms. The molecular weight excluding hydrogens is 160 g/mol. The Bertz CT molecular complexity index is 177. The number of H-pyrrole nitrogens is 1. The number of hydrogen-bond acceptors (Lipinski definition) is 3. The van der Waals surface area contributed by atoms with E-state index >= 15 is 0 Å². The van der Waals surface area contributed by atoms with Gasteiger partial charge in [-0.15, -0.1) is 0 Å². The molecule has 0 radical (unpaired) electrons. The Morgan fingerprint density at radius 1 is 1.55 bits per heavy atom. The van der Waals surface area contributed by atoms with E-state index < -0.39 is 0 Å². The van der Waals surface area contributed by atoms with Gasteiger partial charge in [0.2, 0.25) is 0 Å². The van der Waals surface area contributed by atoms with E-state index in [-0.39, 0.29) is 0 Å². The number of nitrogens with one attached hydrogen (secondary N) is 1. The van der Waals surface area contributed by atoms with E-state index in [0.29, 0.717) is 6.61 Å². The van der Waals surface area contributed by atoms with Crippen LogP contribution in [0.5, 0.6) is 0 Å².